The first kappa shape index (κ1) is 12.7. The van der Waals surface area contributed by atoms with Crippen molar-refractivity contribution in [3.8, 4) is 17.0 Å². The molecule has 0 bridgehead atoms. The van der Waals surface area contributed by atoms with Crippen molar-refractivity contribution in [3.05, 3.63) is 35.3 Å². The molecule has 0 spiro atoms. The zero-order chi connectivity index (χ0) is 14.1. The van der Waals surface area contributed by atoms with E-state index in [-0.39, 0.29) is 5.56 Å². The topological polar surface area (TPSA) is 64.2 Å². The molecule has 1 aliphatic heterocycles. The molecule has 0 radical (unpaired) electrons. The highest BCUT2D eigenvalue weighted by Gasteiger charge is 2.22. The Balaban J connectivity index is 2.02. The van der Waals surface area contributed by atoms with Crippen molar-refractivity contribution in [2.24, 2.45) is 0 Å². The van der Waals surface area contributed by atoms with E-state index in [1.807, 2.05) is 0 Å². The summed E-state index contributed by atoms with van der Waals surface area (Å²) in [5.41, 5.74) is 1.78. The number of halogens is 1. The van der Waals surface area contributed by atoms with Gasteiger partial charge in [-0.2, -0.15) is 5.10 Å². The number of rotatable bonds is 2. The van der Waals surface area contributed by atoms with Crippen LogP contribution >= 0.6 is 0 Å². The summed E-state index contributed by atoms with van der Waals surface area (Å²) in [7, 11) is 1.26. The fraction of sp³-hybridized carbons (Fsp3) is 0.286. The Morgan fingerprint density at radius 3 is 3.10 bits per heavy atom. The number of benzene rings is 1. The molecule has 0 aliphatic carbocycles. The first-order valence-electron chi connectivity index (χ1n) is 6.29. The molecule has 5 nitrogen and oxygen atoms in total. The van der Waals surface area contributed by atoms with Gasteiger partial charge in [0.25, 0.3) is 0 Å². The van der Waals surface area contributed by atoms with Gasteiger partial charge in [0.15, 0.2) is 5.75 Å². The van der Waals surface area contributed by atoms with Crippen LogP contribution in [0.1, 0.15) is 22.5 Å². The summed E-state index contributed by atoms with van der Waals surface area (Å²) in [5.74, 6) is -0.506. The molecule has 0 atom stereocenters. The molecular weight excluding hydrogens is 263 g/mol. The summed E-state index contributed by atoms with van der Waals surface area (Å²) in [6, 6.07) is 4.16. The number of carbonyl (C=O) groups excluding carboxylic acids is 1. The Labute approximate surface area is 114 Å². The van der Waals surface area contributed by atoms with E-state index in [4.69, 9.17) is 4.74 Å². The zero-order valence-electron chi connectivity index (χ0n) is 10.9. The number of carbonyl (C=O) groups is 1. The van der Waals surface area contributed by atoms with Crippen molar-refractivity contribution in [2.75, 3.05) is 13.7 Å². The third-order valence-corrected chi connectivity index (χ3v) is 3.25. The quantitative estimate of drug-likeness (QED) is 0.855. The van der Waals surface area contributed by atoms with Crippen LogP contribution in [0.2, 0.25) is 0 Å². The smallest absolute Gasteiger partial charge is 0.337 e. The molecule has 20 heavy (non-hydrogen) atoms. The van der Waals surface area contributed by atoms with Crippen molar-refractivity contribution in [3.63, 3.8) is 0 Å². The Morgan fingerprint density at radius 2 is 2.35 bits per heavy atom. The Bertz CT molecular complexity index is 666. The van der Waals surface area contributed by atoms with Crippen LogP contribution in [0.4, 0.5) is 4.39 Å². The van der Waals surface area contributed by atoms with E-state index < -0.39 is 11.8 Å². The third kappa shape index (κ3) is 2.03. The highest BCUT2D eigenvalue weighted by atomic mass is 19.1. The first-order chi connectivity index (χ1) is 9.70. The summed E-state index contributed by atoms with van der Waals surface area (Å²) < 4.78 is 24.3. The van der Waals surface area contributed by atoms with E-state index in [0.29, 0.717) is 23.6 Å². The van der Waals surface area contributed by atoms with Gasteiger partial charge in [0, 0.05) is 5.56 Å². The van der Waals surface area contributed by atoms with Crippen LogP contribution in [0.15, 0.2) is 18.2 Å². The van der Waals surface area contributed by atoms with Gasteiger partial charge in [0.1, 0.15) is 11.5 Å². The number of esters is 1. The summed E-state index contributed by atoms with van der Waals surface area (Å²) in [6.45, 7) is 0.599. The number of aromatic amines is 1. The van der Waals surface area contributed by atoms with Crippen LogP contribution in [-0.4, -0.2) is 29.9 Å². The summed E-state index contributed by atoms with van der Waals surface area (Å²) in [5, 5.41) is 6.98. The number of hydrogen-bond donors (Lipinski definition) is 1. The largest absolute Gasteiger partial charge is 0.489 e. The highest BCUT2D eigenvalue weighted by molar-refractivity contribution is 5.90. The van der Waals surface area contributed by atoms with E-state index in [1.54, 1.807) is 0 Å². The van der Waals surface area contributed by atoms with Gasteiger partial charge in [-0.3, -0.25) is 5.10 Å². The second kappa shape index (κ2) is 4.96. The minimum absolute atomic E-state index is 0.166. The second-order valence-corrected chi connectivity index (χ2v) is 4.52. The minimum Gasteiger partial charge on any atom is -0.489 e. The van der Waals surface area contributed by atoms with E-state index in [2.05, 4.69) is 14.9 Å². The molecule has 2 heterocycles. The SMILES string of the molecule is COC(=O)c1ccc(-c2n[nH]c3c2OCCC3)c(F)c1. The number of hydrogen-bond acceptors (Lipinski definition) is 4. The number of ether oxygens (including phenoxy) is 2. The Hall–Kier alpha value is -2.37. The van der Waals surface area contributed by atoms with E-state index >= 15 is 0 Å². The highest BCUT2D eigenvalue weighted by Crippen LogP contribution is 2.35. The maximum atomic E-state index is 14.2. The number of methoxy groups -OCH3 is 1. The Morgan fingerprint density at radius 1 is 1.50 bits per heavy atom. The molecule has 0 saturated heterocycles. The molecule has 1 aromatic heterocycles. The Kier molecular flexibility index (Phi) is 3.14. The number of aryl methyl sites for hydroxylation is 1. The molecule has 104 valence electrons. The maximum Gasteiger partial charge on any atom is 0.337 e. The van der Waals surface area contributed by atoms with Crippen molar-refractivity contribution >= 4 is 5.97 Å². The van der Waals surface area contributed by atoms with Crippen LogP contribution in [0, 0.1) is 5.82 Å². The number of fused-ring (bicyclic) bond motifs is 1. The molecule has 1 aliphatic rings. The lowest BCUT2D eigenvalue weighted by atomic mass is 10.1. The van der Waals surface area contributed by atoms with Gasteiger partial charge < -0.3 is 9.47 Å². The minimum atomic E-state index is -0.573. The summed E-state index contributed by atoms with van der Waals surface area (Å²) in [4.78, 5) is 11.4. The third-order valence-electron chi connectivity index (χ3n) is 3.25. The van der Waals surface area contributed by atoms with E-state index in [0.717, 1.165) is 24.6 Å². The van der Waals surface area contributed by atoms with Gasteiger partial charge in [-0.1, -0.05) is 0 Å². The van der Waals surface area contributed by atoms with Crippen molar-refractivity contribution in [1.82, 2.24) is 10.2 Å². The van der Waals surface area contributed by atoms with Crippen LogP contribution in [-0.2, 0) is 11.2 Å². The van der Waals surface area contributed by atoms with Gasteiger partial charge in [-0.05, 0) is 31.0 Å². The lowest BCUT2D eigenvalue weighted by Crippen LogP contribution is -2.07. The van der Waals surface area contributed by atoms with E-state index in [1.165, 1.54) is 19.2 Å². The predicted octanol–water partition coefficient (Wildman–Crippen LogP) is 2.33. The van der Waals surface area contributed by atoms with Crippen molar-refractivity contribution < 1.29 is 18.7 Å². The molecule has 0 saturated carbocycles. The van der Waals surface area contributed by atoms with Crippen LogP contribution in [0.3, 0.4) is 0 Å². The fourth-order valence-electron chi connectivity index (χ4n) is 2.25. The van der Waals surface area contributed by atoms with Gasteiger partial charge >= 0.3 is 5.97 Å². The maximum absolute atomic E-state index is 14.2. The molecule has 1 aromatic carbocycles. The number of aromatic nitrogens is 2. The lowest BCUT2D eigenvalue weighted by molar-refractivity contribution is 0.0600. The normalized spacial score (nSPS) is 13.5. The molecule has 1 N–H and O–H groups in total. The first-order valence-corrected chi connectivity index (χ1v) is 6.29. The van der Waals surface area contributed by atoms with Gasteiger partial charge in [0.2, 0.25) is 0 Å². The van der Waals surface area contributed by atoms with Crippen LogP contribution in [0.5, 0.6) is 5.75 Å². The number of nitrogens with zero attached hydrogens (tertiary/aromatic N) is 1. The average Bonchev–Trinajstić information content (AvgIpc) is 2.90. The summed E-state index contributed by atoms with van der Waals surface area (Å²) >= 11 is 0. The van der Waals surface area contributed by atoms with Crippen molar-refractivity contribution in [1.29, 1.82) is 0 Å². The molecule has 3 rings (SSSR count). The van der Waals surface area contributed by atoms with Crippen LogP contribution in [0.25, 0.3) is 11.3 Å². The second-order valence-electron chi connectivity index (χ2n) is 4.52. The van der Waals surface area contributed by atoms with Crippen LogP contribution < -0.4 is 4.74 Å². The molecular formula is C14H13FN2O3. The zero-order valence-corrected chi connectivity index (χ0v) is 10.9. The van der Waals surface area contributed by atoms with Gasteiger partial charge in [-0.25, -0.2) is 9.18 Å². The predicted molar refractivity (Wildman–Crippen MR) is 69.1 cm³/mol. The monoisotopic (exact) mass is 276 g/mol. The summed E-state index contributed by atoms with van der Waals surface area (Å²) in [6.07, 6.45) is 1.75. The molecule has 6 heteroatoms. The molecule has 2 aromatic rings. The van der Waals surface area contributed by atoms with Gasteiger partial charge in [0.05, 0.1) is 25.0 Å². The molecule has 0 fully saturated rings. The van der Waals surface area contributed by atoms with Crippen molar-refractivity contribution in [2.45, 2.75) is 12.8 Å². The molecule has 0 amide bonds. The fourth-order valence-corrected chi connectivity index (χ4v) is 2.25. The van der Waals surface area contributed by atoms with E-state index in [9.17, 15) is 9.18 Å². The standard InChI is InChI=1S/C14H13FN2O3/c1-19-14(18)8-4-5-9(10(15)7-8)12-13-11(16-17-12)3-2-6-20-13/h4-5,7H,2-3,6H2,1H3,(H,16,17). The average molecular weight is 276 g/mol. The van der Waals surface area contributed by atoms with Gasteiger partial charge in [-0.15, -0.1) is 0 Å². The number of nitrogens with one attached hydrogen (secondary N) is 1. The molecule has 0 unspecified atom stereocenters. The number of H-pyrrole nitrogens is 1. The lowest BCUT2D eigenvalue weighted by Gasteiger charge is -2.13.